The molecule has 1 heterocycles. The van der Waals surface area contributed by atoms with Gasteiger partial charge in [-0.1, -0.05) is 0 Å². The van der Waals surface area contributed by atoms with Gasteiger partial charge in [-0.15, -0.1) is 0 Å². The molecule has 13 heavy (non-hydrogen) atoms. The lowest BCUT2D eigenvalue weighted by atomic mass is 9.82. The summed E-state index contributed by atoms with van der Waals surface area (Å²) >= 11 is 0. The quantitative estimate of drug-likeness (QED) is 0.685. The first-order valence-corrected chi connectivity index (χ1v) is 5.81. The van der Waals surface area contributed by atoms with Crippen LogP contribution in [0.5, 0.6) is 0 Å². The fraction of sp³-hybridized carbons (Fsp3) is 1.00. The van der Waals surface area contributed by atoms with E-state index in [2.05, 4.69) is 4.90 Å². The molecule has 4 atom stereocenters. The lowest BCUT2D eigenvalue weighted by Gasteiger charge is -2.22. The van der Waals surface area contributed by atoms with Crippen LogP contribution in [0.2, 0.25) is 0 Å². The van der Waals surface area contributed by atoms with Crippen LogP contribution in [-0.4, -0.2) is 31.1 Å². The summed E-state index contributed by atoms with van der Waals surface area (Å²) in [5.74, 6) is 4.31. The number of hydrogen-bond acceptors (Lipinski definition) is 2. The van der Waals surface area contributed by atoms with E-state index in [1.54, 1.807) is 6.42 Å². The Kier molecular flexibility index (Phi) is 1.88. The van der Waals surface area contributed by atoms with Crippen molar-refractivity contribution in [2.45, 2.75) is 19.3 Å². The second-order valence-corrected chi connectivity index (χ2v) is 5.21. The molecule has 3 rings (SSSR count). The molecule has 0 radical (unpaired) electrons. The Hall–Kier alpha value is -0.0800. The van der Waals surface area contributed by atoms with Crippen molar-refractivity contribution in [3.63, 3.8) is 0 Å². The van der Waals surface area contributed by atoms with Gasteiger partial charge in [0.25, 0.3) is 0 Å². The van der Waals surface area contributed by atoms with Crippen molar-refractivity contribution in [3.8, 4) is 0 Å². The van der Waals surface area contributed by atoms with Crippen molar-refractivity contribution in [1.29, 1.82) is 0 Å². The molecule has 0 spiro atoms. The summed E-state index contributed by atoms with van der Waals surface area (Å²) in [6.07, 6.45) is 4.62. The van der Waals surface area contributed by atoms with E-state index >= 15 is 0 Å². The third kappa shape index (κ3) is 1.15. The van der Waals surface area contributed by atoms with Crippen LogP contribution >= 0.6 is 0 Å². The highest BCUT2D eigenvalue weighted by atomic mass is 15.2. The molecule has 2 heteroatoms. The molecule has 74 valence electrons. The molecule has 3 fully saturated rings. The molecule has 3 aliphatic rings. The van der Waals surface area contributed by atoms with E-state index in [9.17, 15) is 0 Å². The second kappa shape index (κ2) is 2.96. The van der Waals surface area contributed by atoms with Crippen molar-refractivity contribution >= 4 is 0 Å². The average Bonchev–Trinajstić information content (AvgIpc) is 2.72. The van der Waals surface area contributed by atoms with Crippen LogP contribution in [0.15, 0.2) is 0 Å². The summed E-state index contributed by atoms with van der Waals surface area (Å²) in [7, 11) is 0. The van der Waals surface area contributed by atoms with Gasteiger partial charge in [0.2, 0.25) is 0 Å². The standard InChI is InChI=1S/C11H20N2/c12-3-4-13-6-10-8-1-2-9(5-8)11(10)7-13/h8-11H,1-7,12H2/t8-,9-,10-,11+/m0/s1. The van der Waals surface area contributed by atoms with E-state index in [0.717, 1.165) is 36.8 Å². The molecule has 0 unspecified atom stereocenters. The summed E-state index contributed by atoms with van der Waals surface area (Å²) in [5.41, 5.74) is 5.60. The zero-order valence-electron chi connectivity index (χ0n) is 8.28. The second-order valence-electron chi connectivity index (χ2n) is 5.21. The van der Waals surface area contributed by atoms with Crippen molar-refractivity contribution in [1.82, 2.24) is 4.90 Å². The largest absolute Gasteiger partial charge is 0.329 e. The number of fused-ring (bicyclic) bond motifs is 5. The van der Waals surface area contributed by atoms with Crippen LogP contribution in [-0.2, 0) is 0 Å². The highest BCUT2D eigenvalue weighted by molar-refractivity contribution is 5.01. The third-order valence-electron chi connectivity index (χ3n) is 4.66. The van der Waals surface area contributed by atoms with E-state index in [0.29, 0.717) is 0 Å². The molecular weight excluding hydrogens is 160 g/mol. The summed E-state index contributed by atoms with van der Waals surface area (Å²) in [6, 6.07) is 0. The van der Waals surface area contributed by atoms with E-state index in [-0.39, 0.29) is 0 Å². The minimum atomic E-state index is 0.842. The first-order chi connectivity index (χ1) is 6.38. The van der Waals surface area contributed by atoms with Crippen molar-refractivity contribution in [3.05, 3.63) is 0 Å². The smallest absolute Gasteiger partial charge is 0.0105 e. The Balaban J connectivity index is 1.69. The first-order valence-electron chi connectivity index (χ1n) is 5.81. The molecule has 0 amide bonds. The predicted octanol–water partition coefficient (Wildman–Crippen LogP) is 0.923. The van der Waals surface area contributed by atoms with Crippen molar-refractivity contribution < 1.29 is 0 Å². The minimum Gasteiger partial charge on any atom is -0.329 e. The Morgan fingerprint density at radius 2 is 1.69 bits per heavy atom. The normalized spacial score (nSPS) is 48.7. The lowest BCUT2D eigenvalue weighted by molar-refractivity contribution is 0.281. The van der Waals surface area contributed by atoms with Crippen molar-refractivity contribution in [2.75, 3.05) is 26.2 Å². The average molecular weight is 180 g/mol. The van der Waals surface area contributed by atoms with Crippen LogP contribution in [0, 0.1) is 23.7 Å². The maximum absolute atomic E-state index is 5.60. The Morgan fingerprint density at radius 1 is 1.08 bits per heavy atom. The van der Waals surface area contributed by atoms with Crippen LogP contribution in [0.25, 0.3) is 0 Å². The summed E-state index contributed by atoms with van der Waals surface area (Å²) < 4.78 is 0. The molecule has 2 aliphatic carbocycles. The van der Waals surface area contributed by atoms with Gasteiger partial charge in [0.1, 0.15) is 0 Å². The fourth-order valence-corrected chi connectivity index (χ4v) is 4.13. The van der Waals surface area contributed by atoms with Gasteiger partial charge in [-0.25, -0.2) is 0 Å². The molecule has 0 aromatic carbocycles. The topological polar surface area (TPSA) is 29.3 Å². The van der Waals surface area contributed by atoms with E-state index in [4.69, 9.17) is 5.73 Å². The number of hydrogen-bond donors (Lipinski definition) is 1. The van der Waals surface area contributed by atoms with Gasteiger partial charge < -0.3 is 10.6 Å². The van der Waals surface area contributed by atoms with Gasteiger partial charge in [-0.05, 0) is 42.9 Å². The Labute approximate surface area is 80.5 Å². The lowest BCUT2D eigenvalue weighted by Crippen LogP contribution is -2.28. The zero-order valence-corrected chi connectivity index (χ0v) is 8.28. The fourth-order valence-electron chi connectivity index (χ4n) is 4.13. The maximum Gasteiger partial charge on any atom is 0.0105 e. The highest BCUT2D eigenvalue weighted by Gasteiger charge is 2.51. The molecular formula is C11H20N2. The highest BCUT2D eigenvalue weighted by Crippen LogP contribution is 2.54. The van der Waals surface area contributed by atoms with Gasteiger partial charge in [0.05, 0.1) is 0 Å². The molecule has 2 saturated carbocycles. The molecule has 1 saturated heterocycles. The predicted molar refractivity (Wildman–Crippen MR) is 53.3 cm³/mol. The van der Waals surface area contributed by atoms with Crippen LogP contribution in [0.3, 0.4) is 0 Å². The molecule has 1 aliphatic heterocycles. The molecule has 2 bridgehead atoms. The number of likely N-dealkylation sites (tertiary alicyclic amines) is 1. The van der Waals surface area contributed by atoms with Crippen LogP contribution in [0.4, 0.5) is 0 Å². The van der Waals surface area contributed by atoms with E-state index < -0.39 is 0 Å². The molecule has 0 aromatic heterocycles. The van der Waals surface area contributed by atoms with Crippen LogP contribution in [0.1, 0.15) is 19.3 Å². The molecule has 0 aromatic rings. The molecule has 2 N–H and O–H groups in total. The van der Waals surface area contributed by atoms with Gasteiger partial charge in [0.15, 0.2) is 0 Å². The van der Waals surface area contributed by atoms with Gasteiger partial charge in [-0.3, -0.25) is 0 Å². The van der Waals surface area contributed by atoms with Crippen LogP contribution < -0.4 is 5.73 Å². The number of nitrogens with zero attached hydrogens (tertiary/aromatic N) is 1. The zero-order chi connectivity index (χ0) is 8.84. The summed E-state index contributed by atoms with van der Waals surface area (Å²) in [5, 5.41) is 0. The summed E-state index contributed by atoms with van der Waals surface area (Å²) in [4.78, 5) is 2.60. The van der Waals surface area contributed by atoms with Crippen molar-refractivity contribution in [2.24, 2.45) is 29.4 Å². The Morgan fingerprint density at radius 3 is 2.23 bits per heavy atom. The van der Waals surface area contributed by atoms with Gasteiger partial charge in [-0.2, -0.15) is 0 Å². The van der Waals surface area contributed by atoms with Gasteiger partial charge >= 0.3 is 0 Å². The Bertz CT molecular complexity index is 186. The maximum atomic E-state index is 5.60. The third-order valence-corrected chi connectivity index (χ3v) is 4.66. The SMILES string of the molecule is NCCN1C[C@@H]2[C@H]3CC[C@@H](C3)[C@@H]2C1. The van der Waals surface area contributed by atoms with E-state index in [1.165, 1.54) is 25.9 Å². The van der Waals surface area contributed by atoms with E-state index in [1.807, 2.05) is 0 Å². The first kappa shape index (κ1) is 8.25. The number of rotatable bonds is 2. The van der Waals surface area contributed by atoms with Gasteiger partial charge in [0, 0.05) is 26.2 Å². The monoisotopic (exact) mass is 180 g/mol. The minimum absolute atomic E-state index is 0.842. The summed E-state index contributed by atoms with van der Waals surface area (Å²) in [6.45, 7) is 4.70. The number of nitrogens with two attached hydrogens (primary N) is 1. The molecule has 2 nitrogen and oxygen atoms in total.